The Labute approximate surface area is 158 Å². The van der Waals surface area contributed by atoms with Crippen molar-refractivity contribution in [1.82, 2.24) is 14.7 Å². The van der Waals surface area contributed by atoms with E-state index in [0.29, 0.717) is 23.7 Å². The summed E-state index contributed by atoms with van der Waals surface area (Å²) in [5, 5.41) is 4.60. The second-order valence-corrected chi connectivity index (χ2v) is 6.29. The van der Waals surface area contributed by atoms with Crippen LogP contribution in [0.3, 0.4) is 0 Å². The molecule has 0 radical (unpaired) electrons. The fourth-order valence-corrected chi connectivity index (χ4v) is 3.20. The van der Waals surface area contributed by atoms with Crippen molar-refractivity contribution >= 4 is 18.3 Å². The van der Waals surface area contributed by atoms with Crippen LogP contribution >= 0.6 is 12.4 Å². The second kappa shape index (κ2) is 7.76. The molecule has 6 nitrogen and oxygen atoms in total. The molecule has 2 N–H and O–H groups in total. The van der Waals surface area contributed by atoms with E-state index in [1.807, 2.05) is 47.4 Å². The fourth-order valence-electron chi connectivity index (χ4n) is 3.20. The number of rotatable bonds is 3. The van der Waals surface area contributed by atoms with Crippen molar-refractivity contribution in [3.8, 4) is 17.1 Å². The van der Waals surface area contributed by atoms with Gasteiger partial charge in [-0.05, 0) is 37.1 Å². The van der Waals surface area contributed by atoms with Gasteiger partial charge in [-0.1, -0.05) is 18.2 Å². The summed E-state index contributed by atoms with van der Waals surface area (Å²) in [6, 6.07) is 15.1. The number of hydrogen-bond acceptors (Lipinski definition) is 4. The molecule has 1 atom stereocenters. The van der Waals surface area contributed by atoms with Crippen LogP contribution in [0.1, 0.15) is 23.3 Å². The van der Waals surface area contributed by atoms with E-state index < -0.39 is 0 Å². The fraction of sp³-hybridized carbons (Fsp3) is 0.263. The lowest BCUT2D eigenvalue weighted by Crippen LogP contribution is -2.46. The van der Waals surface area contributed by atoms with Crippen LogP contribution < -0.4 is 5.73 Å². The largest absolute Gasteiger partial charge is 0.463 e. The van der Waals surface area contributed by atoms with Crippen LogP contribution in [0.25, 0.3) is 17.1 Å². The van der Waals surface area contributed by atoms with Gasteiger partial charge < -0.3 is 15.1 Å². The summed E-state index contributed by atoms with van der Waals surface area (Å²) in [6.45, 7) is 1.30. The van der Waals surface area contributed by atoms with Crippen LogP contribution in [0.2, 0.25) is 0 Å². The SMILES string of the molecule is Cl.NC1CCCN(C(=O)c2cc(-c3ccco3)nn2-c2ccccc2)C1. The molecule has 7 heteroatoms. The minimum Gasteiger partial charge on any atom is -0.463 e. The van der Waals surface area contributed by atoms with Crippen molar-refractivity contribution in [2.45, 2.75) is 18.9 Å². The average molecular weight is 373 g/mol. The number of nitrogens with zero attached hydrogens (tertiary/aromatic N) is 3. The highest BCUT2D eigenvalue weighted by Crippen LogP contribution is 2.24. The molecule has 3 heterocycles. The van der Waals surface area contributed by atoms with Crippen LogP contribution in [0.15, 0.2) is 59.2 Å². The molecule has 3 aromatic rings. The van der Waals surface area contributed by atoms with E-state index in [9.17, 15) is 4.79 Å². The molecule has 2 aromatic heterocycles. The van der Waals surface area contributed by atoms with Crippen molar-refractivity contribution in [3.05, 3.63) is 60.5 Å². The molecule has 0 bridgehead atoms. The monoisotopic (exact) mass is 372 g/mol. The maximum absolute atomic E-state index is 13.1. The van der Waals surface area contributed by atoms with E-state index in [1.54, 1.807) is 17.0 Å². The maximum Gasteiger partial charge on any atom is 0.272 e. The van der Waals surface area contributed by atoms with Crippen LogP contribution in [0.5, 0.6) is 0 Å². The van der Waals surface area contributed by atoms with E-state index in [4.69, 9.17) is 10.2 Å². The number of carbonyl (C=O) groups excluding carboxylic acids is 1. The number of nitrogens with two attached hydrogens (primary N) is 1. The number of carbonyl (C=O) groups is 1. The molecule has 1 aromatic carbocycles. The standard InChI is InChI=1S/C19H20N4O2.ClH/c20-14-6-4-10-22(13-14)19(24)17-12-16(18-9-5-11-25-18)21-23(17)15-7-2-1-3-8-15;/h1-3,5,7-9,11-12,14H,4,6,10,13,20H2;1H. The molecule has 1 aliphatic heterocycles. The molecular formula is C19H21ClN4O2. The molecule has 1 amide bonds. The zero-order valence-corrected chi connectivity index (χ0v) is 15.1. The molecule has 1 unspecified atom stereocenters. The van der Waals surface area contributed by atoms with Crippen LogP contribution in [-0.4, -0.2) is 39.7 Å². The van der Waals surface area contributed by atoms with Gasteiger partial charge in [0, 0.05) is 25.2 Å². The summed E-state index contributed by atoms with van der Waals surface area (Å²) in [7, 11) is 0. The number of hydrogen-bond donors (Lipinski definition) is 1. The Hall–Kier alpha value is -2.57. The van der Waals surface area contributed by atoms with Gasteiger partial charge in [-0.3, -0.25) is 4.79 Å². The van der Waals surface area contributed by atoms with Gasteiger partial charge in [0.25, 0.3) is 5.91 Å². The van der Waals surface area contributed by atoms with Gasteiger partial charge >= 0.3 is 0 Å². The molecule has 26 heavy (non-hydrogen) atoms. The normalized spacial score (nSPS) is 17.0. The third-order valence-corrected chi connectivity index (χ3v) is 4.45. The Kier molecular flexibility index (Phi) is 5.44. The summed E-state index contributed by atoms with van der Waals surface area (Å²) in [4.78, 5) is 14.9. The van der Waals surface area contributed by atoms with Gasteiger partial charge in [0.15, 0.2) is 5.76 Å². The third kappa shape index (κ3) is 3.52. The van der Waals surface area contributed by atoms with Crippen LogP contribution in [-0.2, 0) is 0 Å². The molecule has 0 aliphatic carbocycles. The summed E-state index contributed by atoms with van der Waals surface area (Å²) >= 11 is 0. The quantitative estimate of drug-likeness (QED) is 0.766. The van der Waals surface area contributed by atoms with E-state index >= 15 is 0 Å². The smallest absolute Gasteiger partial charge is 0.272 e. The minimum atomic E-state index is -0.0516. The molecule has 1 saturated heterocycles. The first-order valence-electron chi connectivity index (χ1n) is 8.46. The summed E-state index contributed by atoms with van der Waals surface area (Å²) in [6.07, 6.45) is 3.48. The zero-order chi connectivity index (χ0) is 17.2. The summed E-state index contributed by atoms with van der Waals surface area (Å²) < 4.78 is 7.13. The molecule has 1 fully saturated rings. The van der Waals surface area contributed by atoms with Crippen LogP contribution in [0.4, 0.5) is 0 Å². The highest BCUT2D eigenvalue weighted by Gasteiger charge is 2.26. The van der Waals surface area contributed by atoms with Crippen molar-refractivity contribution in [2.75, 3.05) is 13.1 Å². The highest BCUT2D eigenvalue weighted by atomic mass is 35.5. The Morgan fingerprint density at radius 3 is 2.69 bits per heavy atom. The number of aromatic nitrogens is 2. The Morgan fingerprint density at radius 2 is 2.00 bits per heavy atom. The molecule has 0 spiro atoms. The van der Waals surface area contributed by atoms with Gasteiger partial charge in [-0.2, -0.15) is 5.10 Å². The second-order valence-electron chi connectivity index (χ2n) is 6.29. The lowest BCUT2D eigenvalue weighted by Gasteiger charge is -2.30. The van der Waals surface area contributed by atoms with Gasteiger partial charge in [0.05, 0.1) is 12.0 Å². The molecule has 4 rings (SSSR count). The summed E-state index contributed by atoms with van der Waals surface area (Å²) in [5.74, 6) is 0.586. The van der Waals surface area contributed by atoms with E-state index in [2.05, 4.69) is 5.10 Å². The van der Waals surface area contributed by atoms with Gasteiger partial charge in [-0.15, -0.1) is 12.4 Å². The zero-order valence-electron chi connectivity index (χ0n) is 14.2. The number of furan rings is 1. The predicted octanol–water partition coefficient (Wildman–Crippen LogP) is 3.12. The third-order valence-electron chi connectivity index (χ3n) is 4.45. The number of amides is 1. The Morgan fingerprint density at radius 1 is 1.19 bits per heavy atom. The van der Waals surface area contributed by atoms with Crippen molar-refractivity contribution < 1.29 is 9.21 Å². The maximum atomic E-state index is 13.1. The minimum absolute atomic E-state index is 0. The predicted molar refractivity (Wildman–Crippen MR) is 102 cm³/mol. The number of halogens is 1. The first-order valence-corrected chi connectivity index (χ1v) is 8.46. The number of likely N-dealkylation sites (tertiary alicyclic amines) is 1. The lowest BCUT2D eigenvalue weighted by molar-refractivity contribution is 0.0699. The first kappa shape index (κ1) is 18.2. The number of piperidine rings is 1. The molecule has 0 saturated carbocycles. The van der Waals surface area contributed by atoms with Crippen LogP contribution in [0, 0.1) is 0 Å². The molecular weight excluding hydrogens is 352 g/mol. The molecule has 1 aliphatic rings. The van der Waals surface area contributed by atoms with Gasteiger partial charge in [0.2, 0.25) is 0 Å². The Balaban J connectivity index is 0.00000196. The van der Waals surface area contributed by atoms with Crippen molar-refractivity contribution in [3.63, 3.8) is 0 Å². The number of para-hydroxylation sites is 1. The number of benzene rings is 1. The first-order chi connectivity index (χ1) is 12.2. The lowest BCUT2D eigenvalue weighted by atomic mass is 10.1. The summed E-state index contributed by atoms with van der Waals surface area (Å²) in [5.41, 5.74) is 8.04. The average Bonchev–Trinajstić information content (AvgIpc) is 3.31. The van der Waals surface area contributed by atoms with Gasteiger partial charge in [0.1, 0.15) is 11.4 Å². The molecule has 136 valence electrons. The van der Waals surface area contributed by atoms with E-state index in [0.717, 1.165) is 25.1 Å². The van der Waals surface area contributed by atoms with E-state index in [1.165, 1.54) is 0 Å². The highest BCUT2D eigenvalue weighted by molar-refractivity contribution is 5.94. The van der Waals surface area contributed by atoms with E-state index in [-0.39, 0.29) is 24.4 Å². The Bertz CT molecular complexity index is 861. The van der Waals surface area contributed by atoms with Crippen molar-refractivity contribution in [2.24, 2.45) is 5.73 Å². The van der Waals surface area contributed by atoms with Gasteiger partial charge in [-0.25, -0.2) is 4.68 Å². The van der Waals surface area contributed by atoms with Crippen molar-refractivity contribution in [1.29, 1.82) is 0 Å². The topological polar surface area (TPSA) is 77.3 Å².